The minimum atomic E-state index is 0.188. The van der Waals surface area contributed by atoms with Gasteiger partial charge in [-0.05, 0) is 31.2 Å². The third kappa shape index (κ3) is 4.08. The largest absolute Gasteiger partial charge is 0.379 e. The Labute approximate surface area is 132 Å². The maximum Gasteiger partial charge on any atom is 0.244 e. The molecule has 2 aliphatic rings. The summed E-state index contributed by atoms with van der Waals surface area (Å²) in [7, 11) is 0. The van der Waals surface area contributed by atoms with Crippen molar-refractivity contribution in [3.8, 4) is 0 Å². The van der Waals surface area contributed by atoms with Gasteiger partial charge in [-0.1, -0.05) is 0 Å². The van der Waals surface area contributed by atoms with Crippen molar-refractivity contribution in [1.29, 1.82) is 0 Å². The van der Waals surface area contributed by atoms with Gasteiger partial charge >= 0.3 is 0 Å². The maximum absolute atomic E-state index is 12.3. The standard InChI is InChI=1S/C16H26N4O2/c1-14-10-17-20(11-14)13-16(21)19-4-2-15(3-5-19)12-18-6-8-22-9-7-18/h10-11,15H,2-9,12-13H2,1H3. The molecule has 0 unspecified atom stereocenters. The summed E-state index contributed by atoms with van der Waals surface area (Å²) in [5, 5.41) is 4.19. The Kier molecular flexibility index (Phi) is 5.10. The molecule has 1 amide bonds. The van der Waals surface area contributed by atoms with Crippen LogP contribution in [0.2, 0.25) is 0 Å². The van der Waals surface area contributed by atoms with Gasteiger partial charge < -0.3 is 9.64 Å². The first kappa shape index (κ1) is 15.5. The molecule has 0 N–H and O–H groups in total. The van der Waals surface area contributed by atoms with E-state index in [1.807, 2.05) is 18.0 Å². The van der Waals surface area contributed by atoms with Crippen molar-refractivity contribution in [2.45, 2.75) is 26.3 Å². The third-order valence-corrected chi connectivity index (χ3v) is 4.65. The van der Waals surface area contributed by atoms with Gasteiger partial charge in [0.25, 0.3) is 0 Å². The summed E-state index contributed by atoms with van der Waals surface area (Å²) in [4.78, 5) is 16.8. The van der Waals surface area contributed by atoms with Crippen LogP contribution in [0.15, 0.2) is 12.4 Å². The van der Waals surface area contributed by atoms with E-state index in [1.165, 1.54) is 0 Å². The molecular formula is C16H26N4O2. The number of rotatable bonds is 4. The number of ether oxygens (including phenoxy) is 1. The fourth-order valence-corrected chi connectivity index (χ4v) is 3.31. The highest BCUT2D eigenvalue weighted by atomic mass is 16.5. The maximum atomic E-state index is 12.3. The summed E-state index contributed by atoms with van der Waals surface area (Å²) >= 11 is 0. The van der Waals surface area contributed by atoms with E-state index < -0.39 is 0 Å². The lowest BCUT2D eigenvalue weighted by atomic mass is 9.96. The zero-order chi connectivity index (χ0) is 15.4. The molecule has 2 aliphatic heterocycles. The number of likely N-dealkylation sites (tertiary alicyclic amines) is 1. The van der Waals surface area contributed by atoms with E-state index in [-0.39, 0.29) is 5.91 Å². The second-order valence-electron chi connectivity index (χ2n) is 6.45. The molecule has 22 heavy (non-hydrogen) atoms. The normalized spacial score (nSPS) is 21.2. The average Bonchev–Trinajstić information content (AvgIpc) is 2.94. The average molecular weight is 306 g/mol. The fraction of sp³-hybridized carbons (Fsp3) is 0.750. The van der Waals surface area contributed by atoms with Crippen molar-refractivity contribution >= 4 is 5.91 Å². The van der Waals surface area contributed by atoms with Crippen molar-refractivity contribution in [3.05, 3.63) is 18.0 Å². The highest BCUT2D eigenvalue weighted by Crippen LogP contribution is 2.19. The molecule has 2 fully saturated rings. The number of morpholine rings is 1. The number of aryl methyl sites for hydroxylation is 1. The molecule has 3 heterocycles. The zero-order valence-electron chi connectivity index (χ0n) is 13.4. The molecular weight excluding hydrogens is 280 g/mol. The molecule has 2 saturated heterocycles. The van der Waals surface area contributed by atoms with Crippen molar-refractivity contribution in [3.63, 3.8) is 0 Å². The molecule has 0 radical (unpaired) electrons. The summed E-state index contributed by atoms with van der Waals surface area (Å²) in [6.07, 6.45) is 5.94. The van der Waals surface area contributed by atoms with E-state index in [0.29, 0.717) is 12.5 Å². The first-order chi connectivity index (χ1) is 10.7. The van der Waals surface area contributed by atoms with E-state index in [0.717, 1.165) is 64.3 Å². The van der Waals surface area contributed by atoms with Crippen LogP contribution < -0.4 is 0 Å². The highest BCUT2D eigenvalue weighted by molar-refractivity contribution is 5.76. The van der Waals surface area contributed by atoms with Gasteiger partial charge in [-0.2, -0.15) is 5.10 Å². The molecule has 122 valence electrons. The number of carbonyl (C=O) groups is 1. The number of carbonyl (C=O) groups excluding carboxylic acids is 1. The van der Waals surface area contributed by atoms with Crippen LogP contribution in [-0.2, 0) is 16.1 Å². The van der Waals surface area contributed by atoms with Gasteiger partial charge in [-0.3, -0.25) is 14.4 Å². The van der Waals surface area contributed by atoms with Crippen molar-refractivity contribution in [1.82, 2.24) is 19.6 Å². The Balaban J connectivity index is 1.41. The van der Waals surface area contributed by atoms with Gasteiger partial charge in [0.1, 0.15) is 6.54 Å². The first-order valence-corrected chi connectivity index (χ1v) is 8.27. The van der Waals surface area contributed by atoms with E-state index in [1.54, 1.807) is 10.9 Å². The summed E-state index contributed by atoms with van der Waals surface area (Å²) in [6.45, 7) is 9.11. The number of aromatic nitrogens is 2. The van der Waals surface area contributed by atoms with Crippen molar-refractivity contribution < 1.29 is 9.53 Å². The molecule has 6 nitrogen and oxygen atoms in total. The molecule has 0 spiro atoms. The smallest absolute Gasteiger partial charge is 0.244 e. The topological polar surface area (TPSA) is 50.6 Å². The van der Waals surface area contributed by atoms with E-state index in [4.69, 9.17) is 4.74 Å². The predicted octanol–water partition coefficient (Wildman–Crippen LogP) is 0.762. The Hall–Kier alpha value is -1.40. The molecule has 1 aromatic heterocycles. The summed E-state index contributed by atoms with van der Waals surface area (Å²) in [5.74, 6) is 0.905. The Morgan fingerprint density at radius 1 is 1.27 bits per heavy atom. The number of hydrogen-bond acceptors (Lipinski definition) is 4. The number of piperidine rings is 1. The fourth-order valence-electron chi connectivity index (χ4n) is 3.31. The van der Waals surface area contributed by atoms with Gasteiger partial charge in [0, 0.05) is 38.9 Å². The van der Waals surface area contributed by atoms with E-state index in [9.17, 15) is 4.79 Å². The van der Waals surface area contributed by atoms with Crippen LogP contribution in [0.25, 0.3) is 0 Å². The van der Waals surface area contributed by atoms with Crippen molar-refractivity contribution in [2.75, 3.05) is 45.9 Å². The lowest BCUT2D eigenvalue weighted by molar-refractivity contribution is -0.133. The highest BCUT2D eigenvalue weighted by Gasteiger charge is 2.25. The van der Waals surface area contributed by atoms with E-state index >= 15 is 0 Å². The summed E-state index contributed by atoms with van der Waals surface area (Å²) < 4.78 is 7.13. The third-order valence-electron chi connectivity index (χ3n) is 4.65. The Morgan fingerprint density at radius 3 is 2.64 bits per heavy atom. The molecule has 0 bridgehead atoms. The summed E-state index contributed by atoms with van der Waals surface area (Å²) in [5.41, 5.74) is 1.09. The van der Waals surface area contributed by atoms with Crippen LogP contribution in [0.3, 0.4) is 0 Å². The molecule has 0 atom stereocenters. The van der Waals surface area contributed by atoms with Crippen LogP contribution in [-0.4, -0.2) is 71.4 Å². The Morgan fingerprint density at radius 2 is 2.00 bits per heavy atom. The van der Waals surface area contributed by atoms with Crippen LogP contribution in [0.5, 0.6) is 0 Å². The summed E-state index contributed by atoms with van der Waals surface area (Å²) in [6, 6.07) is 0. The molecule has 0 aromatic carbocycles. The molecule has 1 aromatic rings. The minimum Gasteiger partial charge on any atom is -0.379 e. The number of nitrogens with zero attached hydrogens (tertiary/aromatic N) is 4. The lowest BCUT2D eigenvalue weighted by Crippen LogP contribution is -2.45. The van der Waals surface area contributed by atoms with Gasteiger partial charge in [0.15, 0.2) is 0 Å². The Bertz CT molecular complexity index is 488. The molecule has 0 aliphatic carbocycles. The molecule has 6 heteroatoms. The molecule has 3 rings (SSSR count). The van der Waals surface area contributed by atoms with Gasteiger partial charge in [-0.25, -0.2) is 0 Å². The zero-order valence-corrected chi connectivity index (χ0v) is 13.4. The van der Waals surface area contributed by atoms with E-state index in [2.05, 4.69) is 10.00 Å². The lowest BCUT2D eigenvalue weighted by Gasteiger charge is -2.36. The van der Waals surface area contributed by atoms with Crippen LogP contribution >= 0.6 is 0 Å². The second-order valence-corrected chi connectivity index (χ2v) is 6.45. The van der Waals surface area contributed by atoms with Crippen LogP contribution in [0.1, 0.15) is 18.4 Å². The quantitative estimate of drug-likeness (QED) is 0.824. The van der Waals surface area contributed by atoms with Crippen LogP contribution in [0, 0.1) is 12.8 Å². The molecule has 0 saturated carbocycles. The van der Waals surface area contributed by atoms with Crippen molar-refractivity contribution in [2.24, 2.45) is 5.92 Å². The first-order valence-electron chi connectivity index (χ1n) is 8.27. The SMILES string of the molecule is Cc1cnn(CC(=O)N2CCC(CN3CCOCC3)CC2)c1. The monoisotopic (exact) mass is 306 g/mol. The van der Waals surface area contributed by atoms with Gasteiger partial charge in [0.2, 0.25) is 5.91 Å². The number of hydrogen-bond donors (Lipinski definition) is 0. The van der Waals surface area contributed by atoms with Crippen LogP contribution in [0.4, 0.5) is 0 Å². The van der Waals surface area contributed by atoms with Gasteiger partial charge in [-0.15, -0.1) is 0 Å². The number of amides is 1. The second kappa shape index (κ2) is 7.24. The minimum absolute atomic E-state index is 0.188. The predicted molar refractivity (Wildman–Crippen MR) is 83.5 cm³/mol. The van der Waals surface area contributed by atoms with Gasteiger partial charge in [0.05, 0.1) is 19.4 Å².